The highest BCUT2D eigenvalue weighted by Gasteiger charge is 2.27. The first kappa shape index (κ1) is 14.8. The Hall–Kier alpha value is -1.62. The number of hydrogen-bond donors (Lipinski definition) is 2. The second-order valence-corrected chi connectivity index (χ2v) is 5.18. The summed E-state index contributed by atoms with van der Waals surface area (Å²) in [7, 11) is 0. The van der Waals surface area contributed by atoms with E-state index < -0.39 is 5.82 Å². The Morgan fingerprint density at radius 1 is 1.30 bits per heavy atom. The number of phenolic OH excluding ortho intramolecular Hbond substituents is 1. The molecule has 2 rings (SSSR count). The van der Waals surface area contributed by atoms with Crippen molar-refractivity contribution in [2.24, 2.45) is 0 Å². The summed E-state index contributed by atoms with van der Waals surface area (Å²) in [5, 5.41) is 18.9. The van der Waals surface area contributed by atoms with Crippen LogP contribution in [0.1, 0.15) is 42.5 Å². The van der Waals surface area contributed by atoms with Crippen LogP contribution in [0.15, 0.2) is 18.2 Å². The van der Waals surface area contributed by atoms with Crippen LogP contribution in [0.25, 0.3) is 0 Å². The number of aromatic hydroxyl groups is 1. The number of hydrogen-bond acceptors (Lipinski definition) is 3. The highest BCUT2D eigenvalue weighted by molar-refractivity contribution is 5.97. The van der Waals surface area contributed by atoms with Crippen molar-refractivity contribution in [1.29, 1.82) is 0 Å². The molecule has 1 saturated carbocycles. The van der Waals surface area contributed by atoms with E-state index in [4.69, 9.17) is 5.11 Å². The van der Waals surface area contributed by atoms with Gasteiger partial charge in [0.25, 0.3) is 5.91 Å². The number of halogens is 1. The first-order valence-corrected chi connectivity index (χ1v) is 7.04. The van der Waals surface area contributed by atoms with E-state index in [9.17, 15) is 14.3 Å². The van der Waals surface area contributed by atoms with Gasteiger partial charge in [-0.1, -0.05) is 19.3 Å². The summed E-state index contributed by atoms with van der Waals surface area (Å²) < 4.78 is 13.0. The van der Waals surface area contributed by atoms with Gasteiger partial charge in [0.05, 0.1) is 12.2 Å². The molecule has 1 aromatic carbocycles. The van der Waals surface area contributed by atoms with E-state index in [-0.39, 0.29) is 36.4 Å². The number of aliphatic hydroxyl groups excluding tert-OH is 1. The summed E-state index contributed by atoms with van der Waals surface area (Å²) in [4.78, 5) is 14.1. The molecule has 0 aliphatic heterocycles. The van der Waals surface area contributed by atoms with Crippen LogP contribution in [0.4, 0.5) is 4.39 Å². The van der Waals surface area contributed by atoms with E-state index >= 15 is 0 Å². The fraction of sp³-hybridized carbons (Fsp3) is 0.533. The zero-order chi connectivity index (χ0) is 14.5. The maximum absolute atomic E-state index is 13.0. The second-order valence-electron chi connectivity index (χ2n) is 5.18. The van der Waals surface area contributed by atoms with E-state index in [2.05, 4.69) is 0 Å². The fourth-order valence-electron chi connectivity index (χ4n) is 2.79. The molecule has 0 bridgehead atoms. The molecule has 1 amide bonds. The zero-order valence-corrected chi connectivity index (χ0v) is 11.4. The molecule has 1 aliphatic rings. The Morgan fingerprint density at radius 2 is 2.00 bits per heavy atom. The maximum Gasteiger partial charge on any atom is 0.257 e. The minimum absolute atomic E-state index is 0.0884. The smallest absolute Gasteiger partial charge is 0.257 e. The van der Waals surface area contributed by atoms with Crippen molar-refractivity contribution in [3.63, 3.8) is 0 Å². The van der Waals surface area contributed by atoms with Crippen LogP contribution in [0.3, 0.4) is 0 Å². The van der Waals surface area contributed by atoms with Gasteiger partial charge in [0.15, 0.2) is 0 Å². The third-order valence-electron chi connectivity index (χ3n) is 3.81. The van der Waals surface area contributed by atoms with Crippen molar-refractivity contribution >= 4 is 5.91 Å². The molecular formula is C15H20FNO3. The van der Waals surface area contributed by atoms with Crippen molar-refractivity contribution < 1.29 is 19.4 Å². The van der Waals surface area contributed by atoms with Crippen molar-refractivity contribution in [2.45, 2.75) is 38.1 Å². The van der Waals surface area contributed by atoms with Gasteiger partial charge in [0.1, 0.15) is 11.6 Å². The lowest BCUT2D eigenvalue weighted by Gasteiger charge is -2.34. The normalized spacial score (nSPS) is 16.1. The molecule has 0 unspecified atom stereocenters. The van der Waals surface area contributed by atoms with Gasteiger partial charge < -0.3 is 15.1 Å². The van der Waals surface area contributed by atoms with E-state index in [0.717, 1.165) is 37.8 Å². The lowest BCUT2D eigenvalue weighted by Crippen LogP contribution is -2.43. The molecule has 2 N–H and O–H groups in total. The van der Waals surface area contributed by atoms with Crippen LogP contribution in [0.2, 0.25) is 0 Å². The molecule has 0 saturated heterocycles. The number of aliphatic hydroxyl groups is 1. The van der Waals surface area contributed by atoms with Crippen LogP contribution in [0, 0.1) is 5.82 Å². The summed E-state index contributed by atoms with van der Waals surface area (Å²) >= 11 is 0. The lowest BCUT2D eigenvalue weighted by molar-refractivity contribution is 0.0582. The monoisotopic (exact) mass is 281 g/mol. The van der Waals surface area contributed by atoms with Crippen LogP contribution < -0.4 is 0 Å². The molecule has 0 atom stereocenters. The molecule has 1 aliphatic carbocycles. The predicted octanol–water partition coefficient (Wildman–Crippen LogP) is 2.30. The Labute approximate surface area is 117 Å². The zero-order valence-electron chi connectivity index (χ0n) is 11.4. The minimum atomic E-state index is -0.578. The third-order valence-corrected chi connectivity index (χ3v) is 3.81. The van der Waals surface area contributed by atoms with E-state index in [0.29, 0.717) is 0 Å². The molecule has 1 fully saturated rings. The van der Waals surface area contributed by atoms with Gasteiger partial charge in [-0.3, -0.25) is 4.79 Å². The van der Waals surface area contributed by atoms with Gasteiger partial charge in [-0.05, 0) is 25.0 Å². The minimum Gasteiger partial charge on any atom is -0.507 e. The lowest BCUT2D eigenvalue weighted by atomic mass is 9.93. The summed E-state index contributed by atoms with van der Waals surface area (Å²) in [6.45, 7) is 0.116. The number of rotatable bonds is 4. The summed E-state index contributed by atoms with van der Waals surface area (Å²) in [5.41, 5.74) is 0.0884. The Kier molecular flexibility index (Phi) is 4.95. The molecule has 0 aromatic heterocycles. The maximum atomic E-state index is 13.0. The van der Waals surface area contributed by atoms with Crippen molar-refractivity contribution in [3.8, 4) is 5.75 Å². The molecule has 20 heavy (non-hydrogen) atoms. The SMILES string of the molecule is O=C(c1ccc(F)cc1O)N(CCO)C1CCCCC1. The number of amides is 1. The Morgan fingerprint density at radius 3 is 2.60 bits per heavy atom. The summed E-state index contributed by atoms with van der Waals surface area (Å²) in [5.74, 6) is -1.28. The number of benzene rings is 1. The van der Waals surface area contributed by atoms with Gasteiger partial charge in [-0.15, -0.1) is 0 Å². The van der Waals surface area contributed by atoms with Gasteiger partial charge in [-0.2, -0.15) is 0 Å². The van der Waals surface area contributed by atoms with Crippen LogP contribution in [-0.2, 0) is 0 Å². The van der Waals surface area contributed by atoms with Crippen LogP contribution in [0.5, 0.6) is 5.75 Å². The van der Waals surface area contributed by atoms with E-state index in [1.165, 1.54) is 12.5 Å². The molecule has 4 nitrogen and oxygen atoms in total. The largest absolute Gasteiger partial charge is 0.507 e. The fourth-order valence-corrected chi connectivity index (χ4v) is 2.79. The van der Waals surface area contributed by atoms with Crippen LogP contribution in [-0.4, -0.2) is 40.2 Å². The molecule has 0 spiro atoms. The molecular weight excluding hydrogens is 261 g/mol. The predicted molar refractivity (Wildman–Crippen MR) is 73.1 cm³/mol. The van der Waals surface area contributed by atoms with Gasteiger partial charge in [-0.25, -0.2) is 4.39 Å². The average molecular weight is 281 g/mol. The highest BCUT2D eigenvalue weighted by atomic mass is 19.1. The van der Waals surface area contributed by atoms with E-state index in [1.807, 2.05) is 0 Å². The third kappa shape index (κ3) is 3.28. The van der Waals surface area contributed by atoms with Crippen LogP contribution >= 0.6 is 0 Å². The first-order valence-electron chi connectivity index (χ1n) is 7.04. The highest BCUT2D eigenvalue weighted by Crippen LogP contribution is 2.26. The molecule has 0 radical (unpaired) electrons. The number of carbonyl (C=O) groups excluding carboxylic acids is 1. The standard InChI is InChI=1S/C15H20FNO3/c16-11-6-7-13(14(19)10-11)15(20)17(8-9-18)12-4-2-1-3-5-12/h6-7,10,12,18-19H,1-5,8-9H2. The van der Waals surface area contributed by atoms with Gasteiger partial charge in [0, 0.05) is 18.7 Å². The molecule has 0 heterocycles. The number of nitrogens with zero attached hydrogens (tertiary/aromatic N) is 1. The van der Waals surface area contributed by atoms with Crippen molar-refractivity contribution in [1.82, 2.24) is 4.90 Å². The topological polar surface area (TPSA) is 60.8 Å². The second kappa shape index (κ2) is 6.70. The van der Waals surface area contributed by atoms with E-state index in [1.54, 1.807) is 4.90 Å². The summed E-state index contributed by atoms with van der Waals surface area (Å²) in [6.07, 6.45) is 5.12. The number of phenols is 1. The quantitative estimate of drug-likeness (QED) is 0.890. The Bertz CT molecular complexity index is 472. The van der Waals surface area contributed by atoms with Gasteiger partial charge >= 0.3 is 0 Å². The Balaban J connectivity index is 2.21. The molecule has 5 heteroatoms. The van der Waals surface area contributed by atoms with Crippen molar-refractivity contribution in [2.75, 3.05) is 13.2 Å². The first-order chi connectivity index (χ1) is 9.63. The average Bonchev–Trinajstić information content (AvgIpc) is 2.45. The molecule has 1 aromatic rings. The molecule has 110 valence electrons. The summed E-state index contributed by atoms with van der Waals surface area (Å²) in [6, 6.07) is 3.48. The van der Waals surface area contributed by atoms with Crippen molar-refractivity contribution in [3.05, 3.63) is 29.6 Å². The van der Waals surface area contributed by atoms with Gasteiger partial charge in [0.2, 0.25) is 0 Å². The number of carbonyl (C=O) groups is 1.